The predicted octanol–water partition coefficient (Wildman–Crippen LogP) is 3.69. The Morgan fingerprint density at radius 2 is 1.50 bits per heavy atom. The van der Waals surface area contributed by atoms with E-state index >= 15 is 0 Å². The summed E-state index contributed by atoms with van der Waals surface area (Å²) in [7, 11) is 0. The molecule has 0 aliphatic heterocycles. The van der Waals surface area contributed by atoms with Crippen molar-refractivity contribution in [3.63, 3.8) is 0 Å². The monoisotopic (exact) mass is 239 g/mol. The van der Waals surface area contributed by atoms with Crippen molar-refractivity contribution < 1.29 is 4.79 Å². The molecule has 0 saturated heterocycles. The molecule has 0 amide bonds. The molecule has 0 N–H and O–H groups in total. The maximum absolute atomic E-state index is 11.7. The van der Waals surface area contributed by atoms with E-state index in [4.69, 9.17) is 0 Å². The van der Waals surface area contributed by atoms with Crippen LogP contribution in [0.4, 0.5) is 0 Å². The largest absolute Gasteiger partial charge is 0.294 e. The van der Waals surface area contributed by atoms with Gasteiger partial charge in [0, 0.05) is 12.0 Å². The maximum atomic E-state index is 11.7. The number of Topliss-reactive ketones (excluding diaryl/α,β-unsaturated/α-hetero) is 1. The summed E-state index contributed by atoms with van der Waals surface area (Å²) in [5.41, 5.74) is 2.81. The van der Waals surface area contributed by atoms with Crippen molar-refractivity contribution in [1.29, 1.82) is 0 Å². The molecule has 2 aromatic rings. The summed E-state index contributed by atoms with van der Waals surface area (Å²) < 4.78 is 0. The Morgan fingerprint density at radius 1 is 0.889 bits per heavy atom. The summed E-state index contributed by atoms with van der Waals surface area (Å²) >= 11 is 0. The Bertz CT molecular complexity index is 532. The van der Waals surface area contributed by atoms with E-state index < -0.39 is 0 Å². The Balaban J connectivity index is 2.15. The highest BCUT2D eigenvalue weighted by molar-refractivity contribution is 5.96. The SMILES string of the molecule is O=NCCC(=O)c1ccc(-c2ccccc2)cc1. The lowest BCUT2D eigenvalue weighted by Gasteiger charge is -2.03. The molecule has 0 saturated carbocycles. The highest BCUT2D eigenvalue weighted by Gasteiger charge is 2.05. The fourth-order valence-corrected chi connectivity index (χ4v) is 1.77. The molecule has 0 aliphatic carbocycles. The maximum Gasteiger partial charge on any atom is 0.164 e. The van der Waals surface area contributed by atoms with Crippen LogP contribution in [0.3, 0.4) is 0 Å². The summed E-state index contributed by atoms with van der Waals surface area (Å²) in [5.74, 6) is -0.0470. The molecule has 0 radical (unpaired) electrons. The molecule has 18 heavy (non-hydrogen) atoms. The van der Waals surface area contributed by atoms with E-state index in [1.54, 1.807) is 12.1 Å². The fraction of sp³-hybridized carbons (Fsp3) is 0.133. The minimum Gasteiger partial charge on any atom is -0.294 e. The number of carbonyl (C=O) groups is 1. The van der Waals surface area contributed by atoms with Crippen LogP contribution in [-0.4, -0.2) is 12.3 Å². The van der Waals surface area contributed by atoms with Gasteiger partial charge in [0.05, 0.1) is 6.54 Å². The van der Waals surface area contributed by atoms with Crippen molar-refractivity contribution >= 4 is 5.78 Å². The summed E-state index contributed by atoms with van der Waals surface area (Å²) in [6.45, 7) is 0.0409. The molecule has 0 heterocycles. The fourth-order valence-electron chi connectivity index (χ4n) is 1.77. The van der Waals surface area contributed by atoms with Crippen LogP contribution in [0.15, 0.2) is 59.8 Å². The molecule has 0 fully saturated rings. The summed E-state index contributed by atoms with van der Waals surface area (Å²) in [5, 5.41) is 2.70. The van der Waals surface area contributed by atoms with Gasteiger partial charge < -0.3 is 0 Å². The highest BCUT2D eigenvalue weighted by Crippen LogP contribution is 2.19. The van der Waals surface area contributed by atoms with Crippen LogP contribution in [0.25, 0.3) is 11.1 Å². The second-order valence-corrected chi connectivity index (χ2v) is 3.97. The van der Waals surface area contributed by atoms with Gasteiger partial charge in [0.1, 0.15) is 0 Å². The molecule has 0 aromatic heterocycles. The van der Waals surface area contributed by atoms with Gasteiger partial charge >= 0.3 is 0 Å². The van der Waals surface area contributed by atoms with Crippen molar-refractivity contribution in [3.05, 3.63) is 65.1 Å². The van der Waals surface area contributed by atoms with Crippen molar-refractivity contribution in [2.75, 3.05) is 6.54 Å². The zero-order valence-corrected chi connectivity index (χ0v) is 9.87. The molecule has 2 aromatic carbocycles. The average Bonchev–Trinajstić information content (AvgIpc) is 2.46. The summed E-state index contributed by atoms with van der Waals surface area (Å²) in [6.07, 6.45) is 0.175. The zero-order chi connectivity index (χ0) is 12.8. The molecule has 2 rings (SSSR count). The highest BCUT2D eigenvalue weighted by atomic mass is 16.3. The van der Waals surface area contributed by atoms with Crippen LogP contribution in [0, 0.1) is 4.91 Å². The van der Waals surface area contributed by atoms with Crippen molar-refractivity contribution in [2.45, 2.75) is 6.42 Å². The molecule has 0 bridgehead atoms. The van der Waals surface area contributed by atoms with Gasteiger partial charge in [-0.05, 0) is 11.1 Å². The van der Waals surface area contributed by atoms with Gasteiger partial charge in [0.25, 0.3) is 0 Å². The van der Waals surface area contributed by atoms with Gasteiger partial charge in [0.2, 0.25) is 0 Å². The van der Waals surface area contributed by atoms with Gasteiger partial charge in [-0.25, -0.2) is 0 Å². The standard InChI is InChI=1S/C15H13NO2/c17-15(10-11-16-18)14-8-6-13(7-9-14)12-4-2-1-3-5-12/h1-9H,10-11H2. The van der Waals surface area contributed by atoms with Crippen LogP contribution in [0.2, 0.25) is 0 Å². The van der Waals surface area contributed by atoms with E-state index in [0.29, 0.717) is 5.56 Å². The van der Waals surface area contributed by atoms with E-state index in [1.165, 1.54) is 0 Å². The molecule has 3 heteroatoms. The van der Waals surface area contributed by atoms with Crippen molar-refractivity contribution in [2.24, 2.45) is 5.18 Å². The minimum atomic E-state index is -0.0470. The molecule has 0 atom stereocenters. The van der Waals surface area contributed by atoms with E-state index in [0.717, 1.165) is 11.1 Å². The Kier molecular flexibility index (Phi) is 3.97. The number of hydrogen-bond acceptors (Lipinski definition) is 3. The normalized spacial score (nSPS) is 10.0. The van der Waals surface area contributed by atoms with Crippen molar-refractivity contribution in [1.82, 2.24) is 0 Å². The molecular formula is C15H13NO2. The smallest absolute Gasteiger partial charge is 0.164 e. The number of nitroso groups, excluding NO2 is 1. The van der Waals surface area contributed by atoms with E-state index in [1.807, 2.05) is 42.5 Å². The predicted molar refractivity (Wildman–Crippen MR) is 71.5 cm³/mol. The number of nitrogens with zero attached hydrogens (tertiary/aromatic N) is 1. The molecule has 3 nitrogen and oxygen atoms in total. The number of hydrogen-bond donors (Lipinski definition) is 0. The van der Waals surface area contributed by atoms with Crippen LogP contribution >= 0.6 is 0 Å². The van der Waals surface area contributed by atoms with Gasteiger partial charge in [-0.2, -0.15) is 4.91 Å². The first kappa shape index (κ1) is 12.2. The second-order valence-electron chi connectivity index (χ2n) is 3.97. The zero-order valence-electron chi connectivity index (χ0n) is 9.87. The van der Waals surface area contributed by atoms with E-state index in [9.17, 15) is 9.70 Å². The Hall–Kier alpha value is -2.29. The Labute approximate surface area is 105 Å². The van der Waals surface area contributed by atoms with E-state index in [2.05, 4.69) is 5.18 Å². The van der Waals surface area contributed by atoms with E-state index in [-0.39, 0.29) is 18.7 Å². The molecule has 0 unspecified atom stereocenters. The molecule has 0 spiro atoms. The van der Waals surface area contributed by atoms with Crippen molar-refractivity contribution in [3.8, 4) is 11.1 Å². The van der Waals surface area contributed by atoms with Gasteiger partial charge in [-0.15, -0.1) is 0 Å². The summed E-state index contributed by atoms with van der Waals surface area (Å²) in [6, 6.07) is 17.4. The number of benzene rings is 2. The summed E-state index contributed by atoms with van der Waals surface area (Å²) in [4.78, 5) is 21.6. The molecular weight excluding hydrogens is 226 g/mol. The number of rotatable bonds is 5. The van der Waals surface area contributed by atoms with Crippen LogP contribution in [0.1, 0.15) is 16.8 Å². The van der Waals surface area contributed by atoms with Gasteiger partial charge in [-0.3, -0.25) is 4.79 Å². The minimum absolute atomic E-state index is 0.0409. The first-order chi connectivity index (χ1) is 8.81. The first-order valence-electron chi connectivity index (χ1n) is 5.79. The van der Waals surface area contributed by atoms with Gasteiger partial charge in [0.15, 0.2) is 5.78 Å². The lowest BCUT2D eigenvalue weighted by Crippen LogP contribution is -2.00. The number of carbonyl (C=O) groups excluding carboxylic acids is 1. The van der Waals surface area contributed by atoms with Crippen LogP contribution < -0.4 is 0 Å². The molecule has 90 valence electrons. The third kappa shape index (κ3) is 2.88. The topological polar surface area (TPSA) is 46.5 Å². The average molecular weight is 239 g/mol. The Morgan fingerprint density at radius 3 is 2.11 bits per heavy atom. The lowest BCUT2D eigenvalue weighted by molar-refractivity contribution is 0.0985. The van der Waals surface area contributed by atoms with Crippen LogP contribution in [0.5, 0.6) is 0 Å². The lowest BCUT2D eigenvalue weighted by atomic mass is 10.0. The first-order valence-corrected chi connectivity index (χ1v) is 5.79. The number of ketones is 1. The van der Waals surface area contributed by atoms with Crippen LogP contribution in [-0.2, 0) is 0 Å². The molecule has 0 aliphatic rings. The third-order valence-electron chi connectivity index (χ3n) is 2.74. The second kappa shape index (κ2) is 5.87. The third-order valence-corrected chi connectivity index (χ3v) is 2.74. The van der Waals surface area contributed by atoms with Gasteiger partial charge in [-0.1, -0.05) is 59.8 Å². The quantitative estimate of drug-likeness (QED) is 0.590.